The molecule has 15 nitrogen and oxygen atoms in total. The van der Waals surface area contributed by atoms with Gasteiger partial charge in [0, 0.05) is 13.5 Å². The lowest BCUT2D eigenvalue weighted by Crippen LogP contribution is -2.63. The molecule has 0 radical (unpaired) electrons. The Bertz CT molecular complexity index is 623. The molecule has 0 spiro atoms. The van der Waals surface area contributed by atoms with E-state index in [2.05, 4.69) is 0 Å². The lowest BCUT2D eigenvalue weighted by molar-refractivity contribution is -0.363. The van der Waals surface area contributed by atoms with Gasteiger partial charge in [-0.2, -0.15) is 0 Å². The van der Waals surface area contributed by atoms with Crippen molar-refractivity contribution in [2.75, 3.05) is 26.9 Å². The predicted octanol–water partition coefficient (Wildman–Crippen LogP) is -5.89. The van der Waals surface area contributed by atoms with Crippen molar-refractivity contribution >= 4 is 0 Å². The molecule has 3 fully saturated rings. The molecule has 0 bridgehead atoms. The molecular formula is C19H34O15. The summed E-state index contributed by atoms with van der Waals surface area (Å²) < 4.78 is 32.7. The van der Waals surface area contributed by atoms with Crippen LogP contribution < -0.4 is 0 Å². The zero-order chi connectivity index (χ0) is 25.2. The molecule has 3 aliphatic heterocycles. The Kier molecular flexibility index (Phi) is 9.95. The van der Waals surface area contributed by atoms with Crippen molar-refractivity contribution in [1.29, 1.82) is 0 Å². The third kappa shape index (κ3) is 5.69. The van der Waals surface area contributed by atoms with Crippen LogP contribution in [0, 0.1) is 0 Å². The highest BCUT2D eigenvalue weighted by atomic mass is 16.8. The van der Waals surface area contributed by atoms with Crippen LogP contribution in [0.25, 0.3) is 0 Å². The van der Waals surface area contributed by atoms with Gasteiger partial charge < -0.3 is 74.4 Å². The first-order valence-corrected chi connectivity index (χ1v) is 10.9. The molecule has 0 aromatic rings. The van der Waals surface area contributed by atoms with Crippen LogP contribution in [-0.4, -0.2) is 159 Å². The lowest BCUT2D eigenvalue weighted by atomic mass is 9.97. The molecule has 14 atom stereocenters. The Morgan fingerprint density at radius 1 is 0.618 bits per heavy atom. The average molecular weight is 502 g/mol. The summed E-state index contributed by atoms with van der Waals surface area (Å²) >= 11 is 0. The summed E-state index contributed by atoms with van der Waals surface area (Å²) in [5.41, 5.74) is 0. The Morgan fingerprint density at radius 3 is 1.71 bits per heavy atom. The second-order valence-corrected chi connectivity index (χ2v) is 8.43. The van der Waals surface area contributed by atoms with E-state index in [4.69, 9.17) is 28.4 Å². The smallest absolute Gasteiger partial charge is 0.187 e. The summed E-state index contributed by atoms with van der Waals surface area (Å²) in [5.74, 6) is 0. The standard InChI is InChI=1S/C19H34O15/c1-29-19-17(15(27)13(25)9(5-22)33-19)34-10-2-6(11(23)7(3-20)30-10)31-18-16(28)14(26)12(24)8(4-21)32-18/h6-28H,2-5H2,1H3/t6-,7-,8-,9-,10-,11+,12-,13-,14+,15+,16-,17+,18+,19+/m1/s1. The largest absolute Gasteiger partial charge is 0.394 e. The Hall–Kier alpha value is -0.600. The fourth-order valence-corrected chi connectivity index (χ4v) is 4.19. The van der Waals surface area contributed by atoms with Crippen molar-refractivity contribution in [3.8, 4) is 0 Å². The second-order valence-electron chi connectivity index (χ2n) is 8.43. The van der Waals surface area contributed by atoms with E-state index >= 15 is 0 Å². The van der Waals surface area contributed by atoms with Crippen LogP contribution in [0.3, 0.4) is 0 Å². The lowest BCUT2D eigenvalue weighted by Gasteiger charge is -2.46. The van der Waals surface area contributed by atoms with E-state index in [0.29, 0.717) is 0 Å². The SMILES string of the molecule is CO[C@H]1O[C@H](CO)[C@@H](O)[C@H](O)[C@@H]1O[C@@H]1C[C@@H](O[C@H]2O[C@H](CO)[C@@H](O)[C@H](O)[C@H]2O)[C@H](O)[C@@H](CO)O1. The fraction of sp³-hybridized carbons (Fsp3) is 1.00. The molecule has 3 heterocycles. The highest BCUT2D eigenvalue weighted by Gasteiger charge is 2.50. The van der Waals surface area contributed by atoms with Gasteiger partial charge in [-0.05, 0) is 0 Å². The Labute approximate surface area is 194 Å². The highest BCUT2D eigenvalue weighted by molar-refractivity contribution is 4.93. The highest BCUT2D eigenvalue weighted by Crippen LogP contribution is 2.32. The molecule has 0 aliphatic carbocycles. The van der Waals surface area contributed by atoms with Gasteiger partial charge in [0.25, 0.3) is 0 Å². The fourth-order valence-electron chi connectivity index (χ4n) is 4.19. The van der Waals surface area contributed by atoms with Crippen molar-refractivity contribution in [3.63, 3.8) is 0 Å². The third-order valence-electron chi connectivity index (χ3n) is 6.22. The van der Waals surface area contributed by atoms with Crippen molar-refractivity contribution in [2.24, 2.45) is 0 Å². The molecule has 3 rings (SSSR count). The molecular weight excluding hydrogens is 468 g/mol. The number of rotatable bonds is 8. The van der Waals surface area contributed by atoms with E-state index in [-0.39, 0.29) is 6.42 Å². The molecule has 3 aliphatic rings. The van der Waals surface area contributed by atoms with Gasteiger partial charge in [0.05, 0.1) is 25.9 Å². The van der Waals surface area contributed by atoms with E-state index in [1.807, 2.05) is 0 Å². The number of hydrogen-bond donors (Lipinski definition) is 9. The monoisotopic (exact) mass is 502 g/mol. The van der Waals surface area contributed by atoms with Crippen LogP contribution in [0.2, 0.25) is 0 Å². The zero-order valence-electron chi connectivity index (χ0n) is 18.4. The number of hydrogen-bond acceptors (Lipinski definition) is 15. The van der Waals surface area contributed by atoms with Gasteiger partial charge in [0.15, 0.2) is 18.9 Å². The van der Waals surface area contributed by atoms with Crippen LogP contribution in [-0.2, 0) is 28.4 Å². The summed E-state index contributed by atoms with van der Waals surface area (Å²) in [7, 11) is 1.26. The summed E-state index contributed by atoms with van der Waals surface area (Å²) in [6.45, 7) is -1.93. The van der Waals surface area contributed by atoms with Gasteiger partial charge in [0.2, 0.25) is 0 Å². The molecule has 34 heavy (non-hydrogen) atoms. The van der Waals surface area contributed by atoms with E-state index in [9.17, 15) is 46.0 Å². The van der Waals surface area contributed by atoms with Crippen molar-refractivity contribution in [2.45, 2.75) is 92.4 Å². The molecule has 0 aromatic heterocycles. The minimum Gasteiger partial charge on any atom is -0.394 e. The van der Waals surface area contributed by atoms with Gasteiger partial charge in [-0.3, -0.25) is 0 Å². The number of aliphatic hydroxyl groups excluding tert-OH is 9. The molecule has 200 valence electrons. The maximum absolute atomic E-state index is 10.5. The van der Waals surface area contributed by atoms with Gasteiger partial charge in [-0.15, -0.1) is 0 Å². The normalized spacial score (nSPS) is 50.3. The molecule has 0 amide bonds. The first-order valence-electron chi connectivity index (χ1n) is 10.9. The summed E-state index contributed by atoms with van der Waals surface area (Å²) in [6, 6.07) is 0. The van der Waals surface area contributed by atoms with Gasteiger partial charge in [0.1, 0.15) is 61.0 Å². The quantitative estimate of drug-likeness (QED) is 0.150. The van der Waals surface area contributed by atoms with Crippen LogP contribution in [0.15, 0.2) is 0 Å². The molecule has 15 heteroatoms. The topological polar surface area (TPSA) is 237 Å². The summed E-state index contributed by atoms with van der Waals surface area (Å²) in [4.78, 5) is 0. The van der Waals surface area contributed by atoms with Crippen LogP contribution >= 0.6 is 0 Å². The van der Waals surface area contributed by atoms with E-state index in [0.717, 1.165) is 0 Å². The zero-order valence-corrected chi connectivity index (χ0v) is 18.4. The van der Waals surface area contributed by atoms with Crippen LogP contribution in [0.4, 0.5) is 0 Å². The van der Waals surface area contributed by atoms with Crippen molar-refractivity contribution < 1.29 is 74.4 Å². The van der Waals surface area contributed by atoms with Crippen molar-refractivity contribution in [1.82, 2.24) is 0 Å². The summed E-state index contributed by atoms with van der Waals surface area (Å²) in [6.07, 6.45) is -19.9. The molecule has 0 saturated carbocycles. The third-order valence-corrected chi connectivity index (χ3v) is 6.22. The average Bonchev–Trinajstić information content (AvgIpc) is 2.84. The maximum Gasteiger partial charge on any atom is 0.187 e. The first-order chi connectivity index (χ1) is 16.2. The maximum atomic E-state index is 10.5. The second kappa shape index (κ2) is 12.1. The molecule has 3 saturated heterocycles. The van der Waals surface area contributed by atoms with E-state index in [1.165, 1.54) is 7.11 Å². The number of aliphatic hydroxyl groups is 9. The minimum atomic E-state index is -1.73. The van der Waals surface area contributed by atoms with Crippen LogP contribution in [0.1, 0.15) is 6.42 Å². The molecule has 9 N–H and O–H groups in total. The molecule has 0 unspecified atom stereocenters. The predicted molar refractivity (Wildman–Crippen MR) is 105 cm³/mol. The molecule has 0 aromatic carbocycles. The van der Waals surface area contributed by atoms with E-state index < -0.39 is 106 Å². The Balaban J connectivity index is 1.72. The van der Waals surface area contributed by atoms with Gasteiger partial charge >= 0.3 is 0 Å². The number of methoxy groups -OCH3 is 1. The van der Waals surface area contributed by atoms with E-state index in [1.54, 1.807) is 0 Å². The minimum absolute atomic E-state index is 0.230. The Morgan fingerprint density at radius 2 is 1.15 bits per heavy atom. The van der Waals surface area contributed by atoms with Gasteiger partial charge in [-0.25, -0.2) is 0 Å². The summed E-state index contributed by atoms with van der Waals surface area (Å²) in [5, 5.41) is 89.5. The van der Waals surface area contributed by atoms with Gasteiger partial charge in [-0.1, -0.05) is 0 Å². The van der Waals surface area contributed by atoms with Crippen molar-refractivity contribution in [3.05, 3.63) is 0 Å². The first kappa shape index (κ1) is 28.0. The van der Waals surface area contributed by atoms with Crippen LogP contribution in [0.5, 0.6) is 0 Å². The number of ether oxygens (including phenoxy) is 6.